The van der Waals surface area contributed by atoms with Crippen LogP contribution in [0.2, 0.25) is 0 Å². The molecule has 0 aliphatic rings. The Hall–Kier alpha value is -2.69. The van der Waals surface area contributed by atoms with Crippen molar-refractivity contribution in [2.75, 3.05) is 0 Å². The highest BCUT2D eigenvalue weighted by Crippen LogP contribution is 2.16. The smallest absolute Gasteiger partial charge is 0.252 e. The molecule has 0 aliphatic heterocycles. The van der Waals surface area contributed by atoms with Crippen molar-refractivity contribution in [2.45, 2.75) is 13.5 Å². The number of nitrogens with one attached hydrogen (secondary N) is 2. The number of carbonyl (C=O) groups is 1. The average molecular weight is 266 g/mol. The topological polar surface area (TPSA) is 70.7 Å². The molecular weight excluding hydrogens is 252 g/mol. The van der Waals surface area contributed by atoms with Crippen LogP contribution in [0.15, 0.2) is 42.7 Å². The minimum atomic E-state index is -0.107. The van der Waals surface area contributed by atoms with Gasteiger partial charge in [-0.1, -0.05) is 18.2 Å². The number of carbonyl (C=O) groups excluding carboxylic acids is 1. The molecule has 0 radical (unpaired) electrons. The molecular formula is C15H14N4O. The Labute approximate surface area is 116 Å². The lowest BCUT2D eigenvalue weighted by Gasteiger charge is -2.07. The molecule has 5 heteroatoms. The van der Waals surface area contributed by atoms with E-state index in [9.17, 15) is 4.79 Å². The summed E-state index contributed by atoms with van der Waals surface area (Å²) in [5.41, 5.74) is 3.40. The van der Waals surface area contributed by atoms with E-state index in [1.165, 1.54) is 0 Å². The number of hydrogen-bond acceptors (Lipinski definition) is 3. The quantitative estimate of drug-likeness (QED) is 0.763. The number of hydrogen-bond donors (Lipinski definition) is 2. The third-order valence-corrected chi connectivity index (χ3v) is 3.27. The van der Waals surface area contributed by atoms with Gasteiger partial charge < -0.3 is 5.32 Å². The summed E-state index contributed by atoms with van der Waals surface area (Å²) in [6.45, 7) is 2.38. The van der Waals surface area contributed by atoms with Crippen LogP contribution in [0, 0.1) is 6.92 Å². The maximum Gasteiger partial charge on any atom is 0.252 e. The Morgan fingerprint density at radius 1 is 1.30 bits per heavy atom. The Morgan fingerprint density at radius 2 is 2.15 bits per heavy atom. The summed E-state index contributed by atoms with van der Waals surface area (Å²) in [5.74, 6) is -0.107. The lowest BCUT2D eigenvalue weighted by molar-refractivity contribution is 0.0952. The molecule has 0 unspecified atom stereocenters. The number of pyridine rings is 1. The van der Waals surface area contributed by atoms with E-state index in [2.05, 4.69) is 20.5 Å². The fourth-order valence-corrected chi connectivity index (χ4v) is 2.12. The van der Waals surface area contributed by atoms with Gasteiger partial charge in [0, 0.05) is 29.4 Å². The molecule has 3 aromatic rings. The van der Waals surface area contributed by atoms with Crippen LogP contribution in [0.3, 0.4) is 0 Å². The minimum Gasteiger partial charge on any atom is -0.348 e. The van der Waals surface area contributed by atoms with E-state index in [0.29, 0.717) is 12.1 Å². The highest BCUT2D eigenvalue weighted by molar-refractivity contribution is 6.05. The number of para-hydroxylation sites is 1. The van der Waals surface area contributed by atoms with Crippen LogP contribution >= 0.6 is 0 Å². The lowest BCUT2D eigenvalue weighted by Crippen LogP contribution is -2.23. The number of fused-ring (bicyclic) bond motifs is 1. The first-order valence-electron chi connectivity index (χ1n) is 6.36. The summed E-state index contributed by atoms with van der Waals surface area (Å²) in [4.78, 5) is 16.5. The minimum absolute atomic E-state index is 0.107. The maximum absolute atomic E-state index is 12.3. The van der Waals surface area contributed by atoms with Crippen molar-refractivity contribution in [3.63, 3.8) is 0 Å². The Kier molecular flexibility index (Phi) is 3.16. The van der Waals surface area contributed by atoms with Gasteiger partial charge in [0.05, 0.1) is 17.3 Å². The molecule has 1 aromatic carbocycles. The van der Waals surface area contributed by atoms with E-state index >= 15 is 0 Å². The molecule has 100 valence electrons. The average Bonchev–Trinajstić information content (AvgIpc) is 2.89. The first kappa shape index (κ1) is 12.3. The zero-order chi connectivity index (χ0) is 13.9. The van der Waals surface area contributed by atoms with E-state index in [4.69, 9.17) is 0 Å². The molecule has 0 atom stereocenters. The summed E-state index contributed by atoms with van der Waals surface area (Å²) >= 11 is 0. The first-order chi connectivity index (χ1) is 9.75. The van der Waals surface area contributed by atoms with Gasteiger partial charge in [0.2, 0.25) is 0 Å². The number of amides is 1. The summed E-state index contributed by atoms with van der Waals surface area (Å²) in [6.07, 6.45) is 3.38. The molecule has 2 N–H and O–H groups in total. The molecule has 0 bridgehead atoms. The van der Waals surface area contributed by atoms with Crippen molar-refractivity contribution >= 4 is 16.8 Å². The van der Waals surface area contributed by atoms with Gasteiger partial charge in [-0.25, -0.2) is 0 Å². The van der Waals surface area contributed by atoms with Gasteiger partial charge >= 0.3 is 0 Å². The van der Waals surface area contributed by atoms with Gasteiger partial charge in [0.25, 0.3) is 5.91 Å². The molecule has 0 fully saturated rings. The summed E-state index contributed by atoms with van der Waals surface area (Å²) in [7, 11) is 0. The molecule has 0 saturated carbocycles. The van der Waals surface area contributed by atoms with Gasteiger partial charge in [-0.3, -0.25) is 14.9 Å². The summed E-state index contributed by atoms with van der Waals surface area (Å²) in [6, 6.07) is 9.35. The zero-order valence-corrected chi connectivity index (χ0v) is 11.1. The van der Waals surface area contributed by atoms with Crippen molar-refractivity contribution in [3.05, 3.63) is 59.5 Å². The largest absolute Gasteiger partial charge is 0.348 e. The van der Waals surface area contributed by atoms with Crippen LogP contribution < -0.4 is 5.32 Å². The number of H-pyrrole nitrogens is 1. The summed E-state index contributed by atoms with van der Waals surface area (Å²) in [5, 5.41) is 10.6. The summed E-state index contributed by atoms with van der Waals surface area (Å²) < 4.78 is 0. The van der Waals surface area contributed by atoms with Gasteiger partial charge in [0.1, 0.15) is 0 Å². The van der Waals surface area contributed by atoms with E-state index in [1.54, 1.807) is 18.5 Å². The molecule has 0 saturated heterocycles. The third-order valence-electron chi connectivity index (χ3n) is 3.27. The zero-order valence-electron chi connectivity index (χ0n) is 11.1. The van der Waals surface area contributed by atoms with Crippen molar-refractivity contribution in [3.8, 4) is 0 Å². The normalized spacial score (nSPS) is 10.7. The number of benzene rings is 1. The lowest BCUT2D eigenvalue weighted by atomic mass is 10.1. The SMILES string of the molecule is Cc1[nH]ncc1CNC(=O)c1ccnc2ccccc12. The second-order valence-electron chi connectivity index (χ2n) is 4.58. The molecule has 2 aromatic heterocycles. The van der Waals surface area contributed by atoms with Crippen LogP contribution in [-0.2, 0) is 6.54 Å². The predicted molar refractivity (Wildman–Crippen MR) is 76.2 cm³/mol. The number of aromatic nitrogens is 3. The Balaban J connectivity index is 1.84. The van der Waals surface area contributed by atoms with E-state index < -0.39 is 0 Å². The van der Waals surface area contributed by atoms with E-state index in [0.717, 1.165) is 22.2 Å². The monoisotopic (exact) mass is 266 g/mol. The number of nitrogens with zero attached hydrogens (tertiary/aromatic N) is 2. The van der Waals surface area contributed by atoms with Crippen LogP contribution in [0.4, 0.5) is 0 Å². The van der Waals surface area contributed by atoms with Crippen molar-refractivity contribution in [1.29, 1.82) is 0 Å². The predicted octanol–water partition coefficient (Wildman–Crippen LogP) is 2.20. The second kappa shape index (κ2) is 5.13. The molecule has 2 heterocycles. The van der Waals surface area contributed by atoms with E-state index in [1.807, 2.05) is 31.2 Å². The van der Waals surface area contributed by atoms with E-state index in [-0.39, 0.29) is 5.91 Å². The van der Waals surface area contributed by atoms with Gasteiger partial charge in [0.15, 0.2) is 0 Å². The molecule has 5 nitrogen and oxygen atoms in total. The number of rotatable bonds is 3. The molecule has 0 aliphatic carbocycles. The van der Waals surface area contributed by atoms with Gasteiger partial charge in [-0.05, 0) is 19.1 Å². The Bertz CT molecular complexity index is 758. The Morgan fingerprint density at radius 3 is 2.95 bits per heavy atom. The van der Waals surface area contributed by atoms with Crippen LogP contribution in [0.5, 0.6) is 0 Å². The van der Waals surface area contributed by atoms with Crippen molar-refractivity contribution in [2.24, 2.45) is 0 Å². The highest BCUT2D eigenvalue weighted by Gasteiger charge is 2.10. The van der Waals surface area contributed by atoms with Crippen LogP contribution in [-0.4, -0.2) is 21.1 Å². The third kappa shape index (κ3) is 2.25. The number of aromatic amines is 1. The fourth-order valence-electron chi connectivity index (χ4n) is 2.12. The molecule has 3 rings (SSSR count). The first-order valence-corrected chi connectivity index (χ1v) is 6.36. The standard InChI is InChI=1S/C15H14N4O/c1-10-11(9-18-19-10)8-17-15(20)13-6-7-16-14-5-3-2-4-12(13)14/h2-7,9H,8H2,1H3,(H,17,20)(H,18,19). The van der Waals surface area contributed by atoms with Crippen LogP contribution in [0.1, 0.15) is 21.6 Å². The number of aryl methyl sites for hydroxylation is 1. The molecule has 1 amide bonds. The van der Waals surface area contributed by atoms with Crippen molar-refractivity contribution in [1.82, 2.24) is 20.5 Å². The second-order valence-corrected chi connectivity index (χ2v) is 4.58. The fraction of sp³-hybridized carbons (Fsp3) is 0.133. The maximum atomic E-state index is 12.3. The molecule has 20 heavy (non-hydrogen) atoms. The highest BCUT2D eigenvalue weighted by atomic mass is 16.1. The van der Waals surface area contributed by atoms with Gasteiger partial charge in [-0.2, -0.15) is 5.10 Å². The van der Waals surface area contributed by atoms with Gasteiger partial charge in [-0.15, -0.1) is 0 Å². The van der Waals surface area contributed by atoms with Crippen LogP contribution in [0.25, 0.3) is 10.9 Å². The van der Waals surface area contributed by atoms with Crippen molar-refractivity contribution < 1.29 is 4.79 Å². The molecule has 0 spiro atoms.